The van der Waals surface area contributed by atoms with Gasteiger partial charge in [0.2, 0.25) is 0 Å². The van der Waals surface area contributed by atoms with Crippen LogP contribution in [-0.4, -0.2) is 44.6 Å². The topological polar surface area (TPSA) is 107 Å². The van der Waals surface area contributed by atoms with Crippen LogP contribution in [0.25, 0.3) is 0 Å². The van der Waals surface area contributed by atoms with Gasteiger partial charge in [0.05, 0.1) is 19.3 Å². The van der Waals surface area contributed by atoms with E-state index in [9.17, 15) is 22.8 Å². The molecule has 2 saturated carbocycles. The van der Waals surface area contributed by atoms with E-state index in [1.807, 2.05) is 0 Å². The molecule has 0 N–H and O–H groups in total. The normalized spacial score (nSPS) is 29.5. The van der Waals surface area contributed by atoms with Crippen LogP contribution in [0.1, 0.15) is 38.5 Å². The smallest absolute Gasteiger partial charge is 0.308 e. The second-order valence-corrected chi connectivity index (χ2v) is 7.72. The molecule has 2 amide bonds. The molecule has 1 aliphatic heterocycles. The van der Waals surface area contributed by atoms with E-state index < -0.39 is 21.9 Å². The number of fused-ring (bicyclic) bond motifs is 2. The van der Waals surface area contributed by atoms with Crippen molar-refractivity contribution in [3.8, 4) is 0 Å². The Morgan fingerprint density at radius 2 is 1.74 bits per heavy atom. The molecule has 0 aromatic rings. The zero-order chi connectivity index (χ0) is 17.2. The van der Waals surface area contributed by atoms with E-state index in [1.54, 1.807) is 0 Å². The highest BCUT2D eigenvalue weighted by Crippen LogP contribution is 2.48. The molecule has 2 bridgehead atoms. The number of carbonyl (C=O) groups excluding carboxylic acids is 3. The van der Waals surface area contributed by atoms with Gasteiger partial charge in [-0.1, -0.05) is 6.42 Å². The van der Waals surface area contributed by atoms with E-state index in [0.29, 0.717) is 5.92 Å². The summed E-state index contributed by atoms with van der Waals surface area (Å²) in [5.74, 6) is 0.531. The number of imide groups is 1. The minimum atomic E-state index is -3.79. The van der Waals surface area contributed by atoms with Gasteiger partial charge < -0.3 is 4.74 Å². The average Bonchev–Trinajstić information content (AvgIpc) is 3.18. The average molecular weight is 347 g/mol. The van der Waals surface area contributed by atoms with Crippen LogP contribution in [-0.2, 0) is 33.5 Å². The minimum Gasteiger partial charge on any atom is -0.469 e. The SMILES string of the molecule is COC(=O)C1CC2CCC1C2.CS(=O)(=O)ON1C(=O)CCC1=O. The predicted molar refractivity (Wildman–Crippen MR) is 78.0 cm³/mol. The quantitative estimate of drug-likeness (QED) is 0.544. The largest absolute Gasteiger partial charge is 0.469 e. The first kappa shape index (κ1) is 17.9. The van der Waals surface area contributed by atoms with Crippen LogP contribution in [0.3, 0.4) is 0 Å². The Morgan fingerprint density at radius 1 is 1.13 bits per heavy atom. The fourth-order valence-corrected chi connectivity index (χ4v) is 3.90. The molecule has 8 nitrogen and oxygen atoms in total. The summed E-state index contributed by atoms with van der Waals surface area (Å²) in [6.45, 7) is 0. The molecule has 0 aromatic carbocycles. The molecule has 3 aliphatic rings. The summed E-state index contributed by atoms with van der Waals surface area (Å²) in [7, 11) is -2.29. The fourth-order valence-electron chi connectivity index (χ4n) is 3.46. The van der Waals surface area contributed by atoms with E-state index in [-0.39, 0.29) is 29.8 Å². The predicted octanol–water partition coefficient (Wildman–Crippen LogP) is 0.622. The zero-order valence-corrected chi connectivity index (χ0v) is 14.0. The third-order valence-corrected chi connectivity index (χ3v) is 4.88. The summed E-state index contributed by atoms with van der Waals surface area (Å²) < 4.78 is 29.9. The number of carbonyl (C=O) groups is 3. The number of hydrogen-bond donors (Lipinski definition) is 0. The molecular formula is C14H21NO7S. The van der Waals surface area contributed by atoms with Crippen LogP contribution in [0.5, 0.6) is 0 Å². The standard InChI is InChI=1S/C9H14O2.C5H7NO5S/c1-11-9(10)8-5-6-2-3-7(8)4-6;1-12(9,10)11-6-4(7)2-3-5(6)8/h6-8H,2-5H2,1H3;2-3H2,1H3. The number of esters is 1. The summed E-state index contributed by atoms with van der Waals surface area (Å²) in [6.07, 6.45) is 5.76. The molecule has 0 spiro atoms. The monoisotopic (exact) mass is 347 g/mol. The van der Waals surface area contributed by atoms with E-state index >= 15 is 0 Å². The molecule has 1 saturated heterocycles. The lowest BCUT2D eigenvalue weighted by molar-refractivity contribution is -0.163. The van der Waals surface area contributed by atoms with Crippen molar-refractivity contribution in [2.75, 3.05) is 13.4 Å². The Kier molecular flexibility index (Phi) is 5.41. The molecule has 3 fully saturated rings. The van der Waals surface area contributed by atoms with Gasteiger partial charge in [-0.25, -0.2) is 0 Å². The van der Waals surface area contributed by atoms with Gasteiger partial charge in [-0.15, -0.1) is 9.35 Å². The lowest BCUT2D eigenvalue weighted by atomic mass is 9.89. The second-order valence-electron chi connectivity index (χ2n) is 6.17. The third kappa shape index (κ3) is 4.51. The molecular weight excluding hydrogens is 326 g/mol. The van der Waals surface area contributed by atoms with Crippen LogP contribution < -0.4 is 0 Å². The van der Waals surface area contributed by atoms with Crippen molar-refractivity contribution in [1.29, 1.82) is 0 Å². The van der Waals surface area contributed by atoms with Crippen LogP contribution in [0.15, 0.2) is 0 Å². The summed E-state index contributed by atoms with van der Waals surface area (Å²) in [6, 6.07) is 0. The molecule has 130 valence electrons. The Balaban J connectivity index is 0.000000167. The first-order chi connectivity index (χ1) is 10.7. The van der Waals surface area contributed by atoms with Gasteiger partial charge in [0.15, 0.2) is 0 Å². The molecule has 3 rings (SSSR count). The summed E-state index contributed by atoms with van der Waals surface area (Å²) in [5, 5.41) is 0.287. The van der Waals surface area contributed by atoms with Gasteiger partial charge in [-0.3, -0.25) is 14.4 Å². The highest BCUT2D eigenvalue weighted by atomic mass is 32.2. The number of hydroxylamine groups is 2. The minimum absolute atomic E-state index is 0.00829. The van der Waals surface area contributed by atoms with Crippen molar-refractivity contribution in [2.45, 2.75) is 38.5 Å². The molecule has 3 atom stereocenters. The number of methoxy groups -OCH3 is 1. The van der Waals surface area contributed by atoms with Crippen LogP contribution >= 0.6 is 0 Å². The molecule has 0 radical (unpaired) electrons. The molecule has 3 unspecified atom stereocenters. The van der Waals surface area contributed by atoms with E-state index in [0.717, 1.165) is 18.6 Å². The van der Waals surface area contributed by atoms with E-state index in [2.05, 4.69) is 4.28 Å². The fraction of sp³-hybridized carbons (Fsp3) is 0.786. The lowest BCUT2D eigenvalue weighted by Crippen LogP contribution is -2.31. The van der Waals surface area contributed by atoms with Gasteiger partial charge in [-0.05, 0) is 31.1 Å². The Labute approximate surface area is 135 Å². The lowest BCUT2D eigenvalue weighted by Gasteiger charge is -2.18. The molecule has 2 aliphatic carbocycles. The first-order valence-electron chi connectivity index (χ1n) is 7.54. The second kappa shape index (κ2) is 6.96. The van der Waals surface area contributed by atoms with Gasteiger partial charge in [0, 0.05) is 12.8 Å². The van der Waals surface area contributed by atoms with Crippen molar-refractivity contribution in [2.24, 2.45) is 17.8 Å². The number of hydrogen-bond acceptors (Lipinski definition) is 7. The van der Waals surface area contributed by atoms with Crippen molar-refractivity contribution in [3.05, 3.63) is 0 Å². The highest BCUT2D eigenvalue weighted by Gasteiger charge is 2.43. The van der Waals surface area contributed by atoms with Crippen molar-refractivity contribution < 1.29 is 31.8 Å². The summed E-state index contributed by atoms with van der Waals surface area (Å²) >= 11 is 0. The van der Waals surface area contributed by atoms with Gasteiger partial charge in [0.1, 0.15) is 0 Å². The van der Waals surface area contributed by atoms with Crippen molar-refractivity contribution in [1.82, 2.24) is 5.06 Å². The van der Waals surface area contributed by atoms with E-state index in [4.69, 9.17) is 4.74 Å². The maximum Gasteiger partial charge on any atom is 0.308 e. The molecule has 1 heterocycles. The number of rotatable bonds is 3. The Hall–Kier alpha value is -1.48. The number of nitrogens with zero attached hydrogens (tertiary/aromatic N) is 1. The maximum absolute atomic E-state index is 11.2. The zero-order valence-electron chi connectivity index (χ0n) is 13.2. The maximum atomic E-state index is 11.2. The number of ether oxygens (including phenoxy) is 1. The third-order valence-electron chi connectivity index (χ3n) is 4.46. The van der Waals surface area contributed by atoms with Crippen LogP contribution in [0, 0.1) is 17.8 Å². The van der Waals surface area contributed by atoms with Gasteiger partial charge in [-0.2, -0.15) is 8.42 Å². The Morgan fingerprint density at radius 3 is 2.13 bits per heavy atom. The van der Waals surface area contributed by atoms with Gasteiger partial charge >= 0.3 is 5.97 Å². The van der Waals surface area contributed by atoms with Gasteiger partial charge in [0.25, 0.3) is 21.9 Å². The summed E-state index contributed by atoms with van der Waals surface area (Å²) in [4.78, 5) is 32.7. The Bertz CT molecular complexity index is 584. The van der Waals surface area contributed by atoms with Crippen molar-refractivity contribution >= 4 is 27.9 Å². The summed E-state index contributed by atoms with van der Waals surface area (Å²) in [5.41, 5.74) is 0. The molecule has 23 heavy (non-hydrogen) atoms. The highest BCUT2D eigenvalue weighted by molar-refractivity contribution is 7.85. The molecule has 0 aromatic heterocycles. The number of amides is 2. The van der Waals surface area contributed by atoms with Crippen LogP contribution in [0.4, 0.5) is 0 Å². The van der Waals surface area contributed by atoms with E-state index in [1.165, 1.54) is 26.4 Å². The van der Waals surface area contributed by atoms with Crippen molar-refractivity contribution in [3.63, 3.8) is 0 Å². The van der Waals surface area contributed by atoms with Crippen LogP contribution in [0.2, 0.25) is 0 Å². The molecule has 9 heteroatoms. The first-order valence-corrected chi connectivity index (χ1v) is 9.36.